The average Bonchev–Trinajstić information content (AvgIpc) is 2.76. The molecule has 0 spiro atoms. The Morgan fingerprint density at radius 2 is 1.79 bits per heavy atom. The lowest BCUT2D eigenvalue weighted by molar-refractivity contribution is -0.274. The predicted octanol–water partition coefficient (Wildman–Crippen LogP) is 5.05. The standard InChI is InChI=1S/C16H10Cl2F3NO2/c17-11-5-10-8-22(15(23)14(10)13(18)6-11)7-9-1-3-12(4-2-9)24-16(19,20)21/h1-6H,7-8H2. The fraction of sp³-hybridized carbons (Fsp3) is 0.188. The van der Waals surface area contributed by atoms with Gasteiger partial charge < -0.3 is 9.64 Å². The van der Waals surface area contributed by atoms with Crippen LogP contribution in [-0.2, 0) is 13.1 Å². The molecule has 2 aromatic rings. The van der Waals surface area contributed by atoms with E-state index in [1.54, 1.807) is 11.0 Å². The summed E-state index contributed by atoms with van der Waals surface area (Å²) in [4.78, 5) is 14.0. The molecule has 126 valence electrons. The molecule has 0 N–H and O–H groups in total. The first-order valence-corrected chi connectivity index (χ1v) is 7.60. The molecule has 0 fully saturated rings. The van der Waals surface area contributed by atoms with Gasteiger partial charge in [0.15, 0.2) is 0 Å². The number of hydrogen-bond acceptors (Lipinski definition) is 2. The van der Waals surface area contributed by atoms with Crippen molar-refractivity contribution in [1.82, 2.24) is 4.90 Å². The Kier molecular flexibility index (Phi) is 4.36. The van der Waals surface area contributed by atoms with Gasteiger partial charge in [0.05, 0.1) is 10.6 Å². The second kappa shape index (κ2) is 6.18. The minimum absolute atomic E-state index is 0.234. The van der Waals surface area contributed by atoms with Crippen LogP contribution in [0.1, 0.15) is 21.5 Å². The average molecular weight is 376 g/mol. The summed E-state index contributed by atoms with van der Waals surface area (Å²) in [6.07, 6.45) is -4.73. The van der Waals surface area contributed by atoms with E-state index in [0.717, 1.165) is 5.56 Å². The quantitative estimate of drug-likeness (QED) is 0.751. The maximum atomic E-state index is 12.4. The summed E-state index contributed by atoms with van der Waals surface area (Å²) in [5, 5.41) is 0.737. The Hall–Kier alpha value is -1.92. The maximum Gasteiger partial charge on any atom is 0.573 e. The monoisotopic (exact) mass is 375 g/mol. The third kappa shape index (κ3) is 3.60. The van der Waals surface area contributed by atoms with Crippen molar-refractivity contribution in [2.24, 2.45) is 0 Å². The number of hydrogen-bond donors (Lipinski definition) is 0. The van der Waals surface area contributed by atoms with E-state index in [1.165, 1.54) is 30.3 Å². The van der Waals surface area contributed by atoms with Crippen LogP contribution in [0.15, 0.2) is 36.4 Å². The first kappa shape index (κ1) is 16.9. The Balaban J connectivity index is 1.74. The highest BCUT2D eigenvalue weighted by Gasteiger charge is 2.32. The largest absolute Gasteiger partial charge is 0.573 e. The number of carbonyl (C=O) groups excluding carboxylic acids is 1. The smallest absolute Gasteiger partial charge is 0.406 e. The van der Waals surface area contributed by atoms with Crippen molar-refractivity contribution in [1.29, 1.82) is 0 Å². The van der Waals surface area contributed by atoms with E-state index < -0.39 is 6.36 Å². The molecule has 3 nitrogen and oxygen atoms in total. The molecule has 8 heteroatoms. The number of amides is 1. The van der Waals surface area contributed by atoms with Crippen LogP contribution >= 0.6 is 23.2 Å². The van der Waals surface area contributed by atoms with E-state index in [9.17, 15) is 18.0 Å². The number of benzene rings is 2. The lowest BCUT2D eigenvalue weighted by Crippen LogP contribution is -2.23. The number of ether oxygens (including phenoxy) is 1. The highest BCUT2D eigenvalue weighted by atomic mass is 35.5. The second-order valence-corrected chi connectivity index (χ2v) is 6.12. The first-order valence-electron chi connectivity index (χ1n) is 6.85. The van der Waals surface area contributed by atoms with Crippen LogP contribution < -0.4 is 4.74 Å². The fourth-order valence-electron chi connectivity index (χ4n) is 2.57. The zero-order valence-electron chi connectivity index (χ0n) is 12.0. The van der Waals surface area contributed by atoms with E-state index in [2.05, 4.69) is 4.74 Å². The Morgan fingerprint density at radius 1 is 1.12 bits per heavy atom. The van der Waals surface area contributed by atoms with E-state index in [-0.39, 0.29) is 18.2 Å². The summed E-state index contributed by atoms with van der Waals surface area (Å²) < 4.78 is 40.2. The van der Waals surface area contributed by atoms with Gasteiger partial charge in [0, 0.05) is 18.1 Å². The van der Waals surface area contributed by atoms with E-state index >= 15 is 0 Å². The molecular formula is C16H10Cl2F3NO2. The van der Waals surface area contributed by atoms with Crippen LogP contribution in [0, 0.1) is 0 Å². The third-order valence-corrected chi connectivity index (χ3v) is 4.05. The molecule has 3 rings (SSSR count). The van der Waals surface area contributed by atoms with Gasteiger partial charge in [0.25, 0.3) is 5.91 Å². The lowest BCUT2D eigenvalue weighted by Gasteiger charge is -2.16. The van der Waals surface area contributed by atoms with Crippen LogP contribution in [0.25, 0.3) is 0 Å². The van der Waals surface area contributed by atoms with Gasteiger partial charge in [0.2, 0.25) is 0 Å². The molecule has 0 saturated carbocycles. The van der Waals surface area contributed by atoms with Crippen LogP contribution in [0.2, 0.25) is 10.0 Å². The van der Waals surface area contributed by atoms with E-state index in [0.29, 0.717) is 27.7 Å². The van der Waals surface area contributed by atoms with Gasteiger partial charge in [-0.05, 0) is 35.4 Å². The SMILES string of the molecule is O=C1c2c(Cl)cc(Cl)cc2CN1Cc1ccc(OC(F)(F)F)cc1. The molecular weight excluding hydrogens is 366 g/mol. The van der Waals surface area contributed by atoms with Crippen molar-refractivity contribution in [3.05, 3.63) is 63.1 Å². The molecule has 1 heterocycles. The van der Waals surface area contributed by atoms with Crippen molar-refractivity contribution in [2.75, 3.05) is 0 Å². The highest BCUT2D eigenvalue weighted by molar-refractivity contribution is 6.37. The van der Waals surface area contributed by atoms with Gasteiger partial charge in [-0.3, -0.25) is 4.79 Å². The molecule has 0 atom stereocenters. The van der Waals surface area contributed by atoms with Gasteiger partial charge in [0.1, 0.15) is 5.75 Å². The number of carbonyl (C=O) groups is 1. The van der Waals surface area contributed by atoms with Gasteiger partial charge in [-0.2, -0.15) is 0 Å². The zero-order valence-corrected chi connectivity index (χ0v) is 13.5. The minimum atomic E-state index is -4.73. The molecule has 1 aliphatic heterocycles. The van der Waals surface area contributed by atoms with Crippen LogP contribution in [-0.4, -0.2) is 17.2 Å². The van der Waals surface area contributed by atoms with Crippen molar-refractivity contribution < 1.29 is 22.7 Å². The fourth-order valence-corrected chi connectivity index (χ4v) is 3.19. The second-order valence-electron chi connectivity index (χ2n) is 5.27. The Morgan fingerprint density at radius 3 is 2.42 bits per heavy atom. The topological polar surface area (TPSA) is 29.5 Å². The lowest BCUT2D eigenvalue weighted by atomic mass is 10.1. The maximum absolute atomic E-state index is 12.4. The Bertz CT molecular complexity index is 791. The summed E-state index contributed by atoms with van der Waals surface area (Å²) in [5.41, 5.74) is 1.82. The Labute approximate surface area is 145 Å². The summed E-state index contributed by atoms with van der Waals surface area (Å²) in [6.45, 7) is 0.586. The number of rotatable bonds is 3. The number of nitrogens with zero attached hydrogens (tertiary/aromatic N) is 1. The molecule has 2 aromatic carbocycles. The predicted molar refractivity (Wildman–Crippen MR) is 83.2 cm³/mol. The molecule has 24 heavy (non-hydrogen) atoms. The molecule has 0 saturated heterocycles. The number of fused-ring (bicyclic) bond motifs is 1. The van der Waals surface area contributed by atoms with Gasteiger partial charge in [-0.15, -0.1) is 13.2 Å². The van der Waals surface area contributed by atoms with Crippen LogP contribution in [0.5, 0.6) is 5.75 Å². The molecule has 0 aromatic heterocycles. The third-order valence-electron chi connectivity index (χ3n) is 3.53. The summed E-state index contributed by atoms with van der Waals surface area (Å²) in [5.74, 6) is -0.542. The molecule has 0 aliphatic carbocycles. The number of halogens is 5. The molecule has 0 bridgehead atoms. The summed E-state index contributed by atoms with van der Waals surface area (Å²) in [6, 6.07) is 8.56. The van der Waals surface area contributed by atoms with Crippen molar-refractivity contribution in [2.45, 2.75) is 19.5 Å². The molecule has 0 unspecified atom stereocenters. The minimum Gasteiger partial charge on any atom is -0.406 e. The van der Waals surface area contributed by atoms with Crippen molar-refractivity contribution in [3.8, 4) is 5.75 Å². The highest BCUT2D eigenvalue weighted by Crippen LogP contribution is 2.33. The van der Waals surface area contributed by atoms with Gasteiger partial charge >= 0.3 is 6.36 Å². The number of alkyl halides is 3. The normalized spacial score (nSPS) is 14.0. The van der Waals surface area contributed by atoms with Crippen LogP contribution in [0.4, 0.5) is 13.2 Å². The van der Waals surface area contributed by atoms with E-state index in [1.807, 2.05) is 0 Å². The summed E-state index contributed by atoms with van der Waals surface area (Å²) in [7, 11) is 0. The molecule has 1 amide bonds. The van der Waals surface area contributed by atoms with Crippen LogP contribution in [0.3, 0.4) is 0 Å². The van der Waals surface area contributed by atoms with Gasteiger partial charge in [-0.1, -0.05) is 35.3 Å². The molecule has 1 aliphatic rings. The zero-order chi connectivity index (χ0) is 17.5. The van der Waals surface area contributed by atoms with Crippen molar-refractivity contribution >= 4 is 29.1 Å². The van der Waals surface area contributed by atoms with Crippen molar-refractivity contribution in [3.63, 3.8) is 0 Å². The summed E-state index contributed by atoms with van der Waals surface area (Å²) >= 11 is 12.0. The van der Waals surface area contributed by atoms with Gasteiger partial charge in [-0.25, -0.2) is 0 Å². The first-order chi connectivity index (χ1) is 11.2. The molecule has 0 radical (unpaired) electrons. The van der Waals surface area contributed by atoms with E-state index in [4.69, 9.17) is 23.2 Å².